The van der Waals surface area contributed by atoms with Gasteiger partial charge >= 0.3 is 0 Å². The van der Waals surface area contributed by atoms with Gasteiger partial charge in [-0.15, -0.1) is 0 Å². The van der Waals surface area contributed by atoms with Gasteiger partial charge < -0.3 is 5.73 Å². The van der Waals surface area contributed by atoms with Crippen molar-refractivity contribution in [3.8, 4) is 0 Å². The Bertz CT molecular complexity index is 203. The predicted molar refractivity (Wildman–Crippen MR) is 51.9 cm³/mol. The zero-order valence-electron chi connectivity index (χ0n) is 5.97. The summed E-state index contributed by atoms with van der Waals surface area (Å²) in [4.78, 5) is 4.13. The van der Waals surface area contributed by atoms with Crippen molar-refractivity contribution in [2.24, 2.45) is 5.73 Å². The highest BCUT2D eigenvalue weighted by Gasteiger charge is 2.01. The number of nitrogens with zero attached hydrogens (tertiary/aromatic N) is 1. The first-order chi connectivity index (χ1) is 5.33. The van der Waals surface area contributed by atoms with Gasteiger partial charge in [0.15, 0.2) is 0 Å². The Labute approximate surface area is 76.0 Å². The number of rotatable bonds is 3. The van der Waals surface area contributed by atoms with Crippen LogP contribution in [-0.2, 0) is 0 Å². The summed E-state index contributed by atoms with van der Waals surface area (Å²) in [6, 6.07) is 5.79. The summed E-state index contributed by atoms with van der Waals surface area (Å²) in [5.41, 5.74) is 5.39. The fraction of sp³-hybridized carbons (Fsp3) is 0.286. The molecule has 11 heavy (non-hydrogen) atoms. The Kier molecular flexibility index (Phi) is 3.76. The maximum atomic E-state index is 5.39. The van der Waals surface area contributed by atoms with E-state index in [2.05, 4.69) is 17.6 Å². The molecule has 0 radical (unpaired) electrons. The lowest BCUT2D eigenvalue weighted by atomic mass is 10.5. The third-order valence-electron chi connectivity index (χ3n) is 1.10. The number of thiol groups is 1. The number of thioether (sulfide) groups is 1. The number of pyridine rings is 1. The smallest absolute Gasteiger partial charge is 0.0970 e. The molecule has 0 fully saturated rings. The van der Waals surface area contributed by atoms with E-state index in [-0.39, 0.29) is 4.58 Å². The van der Waals surface area contributed by atoms with Gasteiger partial charge in [0.2, 0.25) is 0 Å². The second kappa shape index (κ2) is 4.64. The minimum absolute atomic E-state index is 0.143. The highest BCUT2D eigenvalue weighted by molar-refractivity contribution is 8.10. The van der Waals surface area contributed by atoms with E-state index in [0.29, 0.717) is 6.54 Å². The van der Waals surface area contributed by atoms with Crippen LogP contribution in [0.4, 0.5) is 0 Å². The molecule has 2 N–H and O–H groups in total. The van der Waals surface area contributed by atoms with E-state index in [9.17, 15) is 0 Å². The number of aromatic nitrogens is 1. The summed E-state index contributed by atoms with van der Waals surface area (Å²) in [6.45, 7) is 0.560. The predicted octanol–water partition coefficient (Wildman–Crippen LogP) is 1.39. The van der Waals surface area contributed by atoms with Crippen LogP contribution in [0.3, 0.4) is 0 Å². The molecule has 0 bridgehead atoms. The number of hydrogen-bond acceptors (Lipinski definition) is 4. The molecular weight excluding hydrogens is 176 g/mol. The van der Waals surface area contributed by atoms with Crippen LogP contribution in [0.5, 0.6) is 0 Å². The third kappa shape index (κ3) is 3.14. The SMILES string of the molecule is NC[C@@H](S)Sc1ccccn1. The lowest BCUT2D eigenvalue weighted by molar-refractivity contribution is 1.08. The van der Waals surface area contributed by atoms with Gasteiger partial charge in [-0.2, -0.15) is 12.6 Å². The Morgan fingerprint density at radius 1 is 1.64 bits per heavy atom. The molecule has 0 amide bonds. The molecule has 60 valence electrons. The van der Waals surface area contributed by atoms with E-state index < -0.39 is 0 Å². The average molecular weight is 186 g/mol. The first-order valence-electron chi connectivity index (χ1n) is 3.29. The minimum atomic E-state index is 0.143. The Balaban J connectivity index is 2.51. The van der Waals surface area contributed by atoms with Gasteiger partial charge in [0, 0.05) is 12.7 Å². The number of hydrogen-bond donors (Lipinski definition) is 2. The van der Waals surface area contributed by atoms with Crippen LogP contribution in [0.2, 0.25) is 0 Å². The fourth-order valence-corrected chi connectivity index (χ4v) is 1.58. The summed E-state index contributed by atoms with van der Waals surface area (Å²) >= 11 is 5.81. The van der Waals surface area contributed by atoms with Gasteiger partial charge in [-0.25, -0.2) is 4.98 Å². The molecule has 0 unspecified atom stereocenters. The van der Waals surface area contributed by atoms with Crippen molar-refractivity contribution in [3.63, 3.8) is 0 Å². The monoisotopic (exact) mass is 186 g/mol. The second-order valence-electron chi connectivity index (χ2n) is 1.98. The highest BCUT2D eigenvalue weighted by atomic mass is 32.2. The molecule has 1 aromatic heterocycles. The van der Waals surface area contributed by atoms with Crippen molar-refractivity contribution in [2.75, 3.05) is 6.54 Å². The van der Waals surface area contributed by atoms with Crippen molar-refractivity contribution in [1.29, 1.82) is 0 Å². The fourth-order valence-electron chi connectivity index (χ4n) is 0.604. The van der Waals surface area contributed by atoms with Crippen molar-refractivity contribution < 1.29 is 0 Å². The van der Waals surface area contributed by atoms with Crippen LogP contribution < -0.4 is 5.73 Å². The van der Waals surface area contributed by atoms with Gasteiger partial charge in [0.25, 0.3) is 0 Å². The Morgan fingerprint density at radius 3 is 3.00 bits per heavy atom. The summed E-state index contributed by atoms with van der Waals surface area (Å²) in [7, 11) is 0. The average Bonchev–Trinajstić information content (AvgIpc) is 2.06. The highest BCUT2D eigenvalue weighted by Crippen LogP contribution is 2.21. The summed E-state index contributed by atoms with van der Waals surface area (Å²) in [6.07, 6.45) is 1.76. The molecule has 4 heteroatoms. The molecule has 0 aromatic carbocycles. The van der Waals surface area contributed by atoms with E-state index in [1.165, 1.54) is 0 Å². The van der Waals surface area contributed by atoms with E-state index in [1.54, 1.807) is 18.0 Å². The topological polar surface area (TPSA) is 38.9 Å². The van der Waals surface area contributed by atoms with Gasteiger partial charge in [-0.3, -0.25) is 0 Å². The zero-order valence-corrected chi connectivity index (χ0v) is 7.68. The summed E-state index contributed by atoms with van der Waals surface area (Å²) in [5, 5.41) is 0.970. The molecule has 0 aliphatic rings. The van der Waals surface area contributed by atoms with Crippen LogP contribution in [0.15, 0.2) is 29.4 Å². The van der Waals surface area contributed by atoms with Crippen LogP contribution in [0.1, 0.15) is 0 Å². The van der Waals surface area contributed by atoms with Crippen LogP contribution in [0, 0.1) is 0 Å². The standard InChI is InChI=1S/C7H10N2S2/c8-5-7(10)11-6-3-1-2-4-9-6/h1-4,7,10H,5,8H2/t7-/m0/s1. The Morgan fingerprint density at radius 2 is 2.45 bits per heavy atom. The minimum Gasteiger partial charge on any atom is -0.329 e. The molecule has 1 heterocycles. The molecule has 0 aliphatic carbocycles. The van der Waals surface area contributed by atoms with Gasteiger partial charge in [-0.1, -0.05) is 17.8 Å². The van der Waals surface area contributed by atoms with Crippen LogP contribution in [-0.4, -0.2) is 16.1 Å². The maximum absolute atomic E-state index is 5.39. The van der Waals surface area contributed by atoms with Crippen molar-refractivity contribution in [3.05, 3.63) is 24.4 Å². The molecule has 2 nitrogen and oxygen atoms in total. The van der Waals surface area contributed by atoms with Gasteiger partial charge in [-0.05, 0) is 12.1 Å². The lowest BCUT2D eigenvalue weighted by Crippen LogP contribution is -2.09. The Hall–Kier alpha value is -0.190. The molecule has 1 aromatic rings. The second-order valence-corrected chi connectivity index (χ2v) is 4.17. The normalized spacial score (nSPS) is 12.9. The maximum Gasteiger partial charge on any atom is 0.0970 e. The van der Waals surface area contributed by atoms with E-state index in [0.717, 1.165) is 5.03 Å². The molecule has 1 rings (SSSR count). The first-order valence-corrected chi connectivity index (χ1v) is 4.68. The molecule has 0 aliphatic heterocycles. The molecule has 0 saturated heterocycles. The van der Waals surface area contributed by atoms with Crippen molar-refractivity contribution in [1.82, 2.24) is 4.98 Å². The van der Waals surface area contributed by atoms with E-state index in [1.807, 2.05) is 18.2 Å². The lowest BCUT2D eigenvalue weighted by Gasteiger charge is -2.04. The van der Waals surface area contributed by atoms with E-state index in [4.69, 9.17) is 5.73 Å². The van der Waals surface area contributed by atoms with Gasteiger partial charge in [0.1, 0.15) is 0 Å². The molecule has 0 spiro atoms. The summed E-state index contributed by atoms with van der Waals surface area (Å²) in [5.74, 6) is 0. The first kappa shape index (κ1) is 8.90. The van der Waals surface area contributed by atoms with Crippen LogP contribution in [0.25, 0.3) is 0 Å². The van der Waals surface area contributed by atoms with Gasteiger partial charge in [0.05, 0.1) is 9.61 Å². The largest absolute Gasteiger partial charge is 0.329 e. The van der Waals surface area contributed by atoms with Crippen LogP contribution >= 0.6 is 24.4 Å². The zero-order chi connectivity index (χ0) is 8.10. The number of nitrogens with two attached hydrogens (primary N) is 1. The third-order valence-corrected chi connectivity index (χ3v) is 2.57. The molecular formula is C7H10N2S2. The molecule has 0 saturated carbocycles. The molecule has 1 atom stereocenters. The van der Waals surface area contributed by atoms with Crippen molar-refractivity contribution in [2.45, 2.75) is 9.61 Å². The summed E-state index contributed by atoms with van der Waals surface area (Å²) < 4.78 is 0.143. The quantitative estimate of drug-likeness (QED) is 0.425. The van der Waals surface area contributed by atoms with Crippen molar-refractivity contribution >= 4 is 24.4 Å². The van der Waals surface area contributed by atoms with E-state index >= 15 is 0 Å².